The highest BCUT2D eigenvalue weighted by Gasteiger charge is 2.14. The first-order valence-corrected chi connectivity index (χ1v) is 10.7. The van der Waals surface area contributed by atoms with Crippen molar-refractivity contribution in [2.24, 2.45) is 0 Å². The maximum Gasteiger partial charge on any atom is 0.119 e. The number of H-pyrrole nitrogens is 1. The maximum absolute atomic E-state index is 5.99. The summed E-state index contributed by atoms with van der Waals surface area (Å²) in [7, 11) is 0. The van der Waals surface area contributed by atoms with Gasteiger partial charge in [-0.05, 0) is 71.9 Å². The van der Waals surface area contributed by atoms with Gasteiger partial charge in [-0.15, -0.1) is 0 Å². The zero-order valence-corrected chi connectivity index (χ0v) is 17.9. The molecule has 0 aliphatic rings. The van der Waals surface area contributed by atoms with Crippen LogP contribution in [0.3, 0.4) is 0 Å². The second kappa shape index (κ2) is 9.00. The number of hydrogen-bond acceptors (Lipinski definition) is 2. The van der Waals surface area contributed by atoms with E-state index in [0.29, 0.717) is 0 Å². The van der Waals surface area contributed by atoms with Crippen molar-refractivity contribution in [1.82, 2.24) is 10.2 Å². The summed E-state index contributed by atoms with van der Waals surface area (Å²) < 4.78 is 5.99. The molecule has 0 amide bonds. The van der Waals surface area contributed by atoms with Crippen LogP contribution in [0, 0.1) is 0 Å². The molecule has 3 aromatic carbocycles. The molecule has 30 heavy (non-hydrogen) atoms. The number of ether oxygens (including phenoxy) is 1. The summed E-state index contributed by atoms with van der Waals surface area (Å²) in [6.07, 6.45) is 4.03. The molecule has 0 saturated heterocycles. The van der Waals surface area contributed by atoms with Gasteiger partial charge in [0.15, 0.2) is 0 Å². The van der Waals surface area contributed by atoms with E-state index in [1.165, 1.54) is 27.8 Å². The van der Waals surface area contributed by atoms with Crippen LogP contribution in [0.25, 0.3) is 22.0 Å². The zero-order valence-electron chi connectivity index (χ0n) is 17.9. The number of hydrogen-bond donors (Lipinski definition) is 1. The average molecular weight is 397 g/mol. The van der Waals surface area contributed by atoms with Crippen LogP contribution in [0.4, 0.5) is 0 Å². The van der Waals surface area contributed by atoms with Gasteiger partial charge in [-0.2, -0.15) is 5.10 Å². The Bertz CT molecular complexity index is 1140. The lowest BCUT2D eigenvalue weighted by Gasteiger charge is -2.18. The largest absolute Gasteiger partial charge is 0.491 e. The lowest BCUT2D eigenvalue weighted by molar-refractivity contribution is 0.217. The Labute approximate surface area is 178 Å². The molecule has 1 aromatic heterocycles. The van der Waals surface area contributed by atoms with Crippen molar-refractivity contribution in [2.75, 3.05) is 0 Å². The van der Waals surface area contributed by atoms with E-state index in [2.05, 4.69) is 104 Å². The molecular weight excluding hydrogens is 368 g/mol. The predicted octanol–water partition coefficient (Wildman–Crippen LogP) is 7.11. The van der Waals surface area contributed by atoms with Crippen molar-refractivity contribution in [1.29, 1.82) is 0 Å². The standard InChI is InChI=1S/C27H28N2O/c1-4-19(3)30-24-14-11-21(12-15-24)27(25(5-2)20-9-7-6-8-10-20)22-13-16-26-23(17-22)18-28-29-26/h6-19H,4-5H2,1-3H3,(H,28,29)/b27-25+. The van der Waals surface area contributed by atoms with Crippen LogP contribution in [0.15, 0.2) is 79.0 Å². The summed E-state index contributed by atoms with van der Waals surface area (Å²) in [6.45, 7) is 6.46. The Kier molecular flexibility index (Phi) is 5.99. The minimum absolute atomic E-state index is 0.213. The summed E-state index contributed by atoms with van der Waals surface area (Å²) in [5, 5.41) is 8.35. The minimum atomic E-state index is 0.213. The zero-order chi connectivity index (χ0) is 20.9. The third kappa shape index (κ3) is 4.16. The summed E-state index contributed by atoms with van der Waals surface area (Å²) in [4.78, 5) is 0. The van der Waals surface area contributed by atoms with E-state index in [4.69, 9.17) is 4.74 Å². The number of aromatic nitrogens is 2. The third-order valence-electron chi connectivity index (χ3n) is 5.56. The van der Waals surface area contributed by atoms with Gasteiger partial charge in [0.2, 0.25) is 0 Å². The van der Waals surface area contributed by atoms with Crippen LogP contribution in [-0.4, -0.2) is 16.3 Å². The average Bonchev–Trinajstić information content (AvgIpc) is 3.26. The van der Waals surface area contributed by atoms with Crippen LogP contribution >= 0.6 is 0 Å². The molecule has 0 spiro atoms. The van der Waals surface area contributed by atoms with E-state index in [1.807, 2.05) is 6.20 Å². The quantitative estimate of drug-likeness (QED) is 0.338. The van der Waals surface area contributed by atoms with Gasteiger partial charge in [0.05, 0.1) is 17.8 Å². The predicted molar refractivity (Wildman–Crippen MR) is 126 cm³/mol. The van der Waals surface area contributed by atoms with E-state index in [-0.39, 0.29) is 6.10 Å². The molecule has 1 unspecified atom stereocenters. The number of allylic oxidation sites excluding steroid dienone is 1. The SMILES string of the molecule is CC/C(=C(/c1ccc(OC(C)CC)cc1)c1ccc2[nH]ncc2c1)c1ccccc1. The molecule has 3 heteroatoms. The smallest absolute Gasteiger partial charge is 0.119 e. The number of fused-ring (bicyclic) bond motifs is 1. The first kappa shape index (κ1) is 20.0. The molecular formula is C27H28N2O. The summed E-state index contributed by atoms with van der Waals surface area (Å²) in [5.74, 6) is 0.912. The number of benzene rings is 3. The number of nitrogens with one attached hydrogen (secondary N) is 1. The second-order valence-corrected chi connectivity index (χ2v) is 7.61. The second-order valence-electron chi connectivity index (χ2n) is 7.61. The molecule has 0 aliphatic heterocycles. The van der Waals surface area contributed by atoms with Gasteiger partial charge in [0, 0.05) is 5.39 Å². The molecule has 0 saturated carbocycles. The van der Waals surface area contributed by atoms with Crippen LogP contribution in [0.1, 0.15) is 50.3 Å². The topological polar surface area (TPSA) is 37.9 Å². The maximum atomic E-state index is 5.99. The van der Waals surface area contributed by atoms with Crippen molar-refractivity contribution in [2.45, 2.75) is 39.7 Å². The van der Waals surface area contributed by atoms with Gasteiger partial charge in [0.25, 0.3) is 0 Å². The van der Waals surface area contributed by atoms with Crippen molar-refractivity contribution in [3.05, 3.63) is 95.7 Å². The van der Waals surface area contributed by atoms with Gasteiger partial charge < -0.3 is 4.74 Å². The van der Waals surface area contributed by atoms with Gasteiger partial charge in [-0.3, -0.25) is 5.10 Å². The van der Waals surface area contributed by atoms with Crippen molar-refractivity contribution in [3.8, 4) is 5.75 Å². The first-order chi connectivity index (χ1) is 14.7. The molecule has 1 atom stereocenters. The minimum Gasteiger partial charge on any atom is -0.491 e. The number of nitrogens with zero attached hydrogens (tertiary/aromatic N) is 1. The molecule has 0 aliphatic carbocycles. The lowest BCUT2D eigenvalue weighted by Crippen LogP contribution is -2.09. The van der Waals surface area contributed by atoms with Gasteiger partial charge >= 0.3 is 0 Å². The van der Waals surface area contributed by atoms with Gasteiger partial charge in [-0.1, -0.05) is 62.4 Å². The first-order valence-electron chi connectivity index (χ1n) is 10.7. The van der Waals surface area contributed by atoms with Crippen LogP contribution in [0.5, 0.6) is 5.75 Å². The van der Waals surface area contributed by atoms with Gasteiger partial charge in [-0.25, -0.2) is 0 Å². The summed E-state index contributed by atoms with van der Waals surface area (Å²) in [5.41, 5.74) is 7.27. The van der Waals surface area contributed by atoms with E-state index in [1.54, 1.807) is 0 Å². The normalized spacial score (nSPS) is 13.2. The third-order valence-corrected chi connectivity index (χ3v) is 5.56. The highest BCUT2D eigenvalue weighted by molar-refractivity contribution is 6.00. The Morgan fingerprint density at radius 1 is 0.900 bits per heavy atom. The number of aromatic amines is 1. The van der Waals surface area contributed by atoms with Crippen molar-refractivity contribution >= 4 is 22.0 Å². The molecule has 0 fully saturated rings. The van der Waals surface area contributed by atoms with E-state index < -0.39 is 0 Å². The molecule has 0 radical (unpaired) electrons. The van der Waals surface area contributed by atoms with E-state index >= 15 is 0 Å². The van der Waals surface area contributed by atoms with E-state index in [9.17, 15) is 0 Å². The molecule has 152 valence electrons. The Hall–Kier alpha value is -3.33. The number of rotatable bonds is 7. The van der Waals surface area contributed by atoms with Crippen LogP contribution in [-0.2, 0) is 0 Å². The Morgan fingerprint density at radius 3 is 2.33 bits per heavy atom. The fourth-order valence-electron chi connectivity index (χ4n) is 3.79. The van der Waals surface area contributed by atoms with Crippen LogP contribution < -0.4 is 4.74 Å². The monoisotopic (exact) mass is 396 g/mol. The molecule has 1 N–H and O–H groups in total. The molecule has 1 heterocycles. The molecule has 0 bridgehead atoms. The summed E-state index contributed by atoms with van der Waals surface area (Å²) >= 11 is 0. The lowest BCUT2D eigenvalue weighted by atomic mass is 9.88. The van der Waals surface area contributed by atoms with Crippen LogP contribution in [0.2, 0.25) is 0 Å². The van der Waals surface area contributed by atoms with E-state index in [0.717, 1.165) is 29.5 Å². The fraction of sp³-hybridized carbons (Fsp3) is 0.222. The molecule has 4 aromatic rings. The summed E-state index contributed by atoms with van der Waals surface area (Å²) in [6, 6.07) is 25.7. The highest BCUT2D eigenvalue weighted by Crippen LogP contribution is 2.36. The van der Waals surface area contributed by atoms with Crippen molar-refractivity contribution in [3.63, 3.8) is 0 Å². The fourth-order valence-corrected chi connectivity index (χ4v) is 3.79. The highest BCUT2D eigenvalue weighted by atomic mass is 16.5. The van der Waals surface area contributed by atoms with Gasteiger partial charge in [0.1, 0.15) is 5.75 Å². The molecule has 3 nitrogen and oxygen atoms in total. The Balaban J connectivity index is 1.86. The molecule has 4 rings (SSSR count). The Morgan fingerprint density at radius 2 is 1.63 bits per heavy atom. The van der Waals surface area contributed by atoms with Crippen molar-refractivity contribution < 1.29 is 4.74 Å².